The number of carboxylic acid groups (broad SMARTS) is 1. The van der Waals surface area contributed by atoms with Gasteiger partial charge in [0, 0.05) is 24.6 Å². The number of amides is 1. The fourth-order valence-corrected chi connectivity index (χ4v) is 3.94. The van der Waals surface area contributed by atoms with Crippen molar-refractivity contribution < 1.29 is 45.7 Å². The van der Waals surface area contributed by atoms with E-state index in [4.69, 9.17) is 23.2 Å². The molecule has 1 aromatic heterocycles. The Labute approximate surface area is 244 Å². The van der Waals surface area contributed by atoms with E-state index in [-0.39, 0.29) is 53.0 Å². The Hall–Kier alpha value is -2.42. The molecule has 1 unspecified atom stereocenters. The first-order chi connectivity index (χ1) is 16.8. The zero-order chi connectivity index (χ0) is 25.4. The van der Waals surface area contributed by atoms with Crippen molar-refractivity contribution in [1.29, 1.82) is 0 Å². The molecular formula is C26H27Cl2N4NaO3. The zero-order valence-electron chi connectivity index (χ0n) is 21.4. The quantitative estimate of drug-likeness (QED) is 0.387. The monoisotopic (exact) mass is 536 g/mol. The minimum Gasteiger partial charge on any atom is -1.00 e. The first-order valence-corrected chi connectivity index (χ1v) is 11.8. The number of benzene rings is 2. The Morgan fingerprint density at radius 2 is 1.67 bits per heavy atom. The number of rotatable bonds is 10. The van der Waals surface area contributed by atoms with Crippen LogP contribution in [0.5, 0.6) is 0 Å². The van der Waals surface area contributed by atoms with Gasteiger partial charge in [0.05, 0.1) is 15.6 Å². The first-order valence-electron chi connectivity index (χ1n) is 11.0. The number of halogens is 2. The second kappa shape index (κ2) is 14.4. The maximum atomic E-state index is 12.5. The summed E-state index contributed by atoms with van der Waals surface area (Å²) >= 11 is 12.1. The van der Waals surface area contributed by atoms with Gasteiger partial charge >= 0.3 is 35.5 Å². The molecule has 0 spiro atoms. The van der Waals surface area contributed by atoms with Crippen molar-refractivity contribution in [3.63, 3.8) is 0 Å². The SMILES string of the molecule is CC(C)CN(c1ccc(/C=C\CC(NC(=O)c2c(Cl)cccc2Cl)C(=O)O)cc1)c1ncccn1.[H-].[Na+]. The fourth-order valence-electron chi connectivity index (χ4n) is 3.37. The van der Waals surface area contributed by atoms with Gasteiger partial charge in [-0.2, -0.15) is 0 Å². The number of anilines is 2. The molecule has 0 bridgehead atoms. The van der Waals surface area contributed by atoms with Crippen LogP contribution in [0.15, 0.2) is 67.0 Å². The van der Waals surface area contributed by atoms with Crippen LogP contribution >= 0.6 is 23.2 Å². The minimum atomic E-state index is -1.16. The summed E-state index contributed by atoms with van der Waals surface area (Å²) in [7, 11) is 0. The standard InChI is InChI=1S/C26H26Cl2N4O3.Na.H/c1-17(2)16-32(26-29-14-5-15-30-26)19-12-10-18(11-13-19)6-3-9-22(25(34)35)31-24(33)23-20(27)7-4-8-21(23)28;;/h3-8,10-15,17,22H,9,16H2,1-2H3,(H,31,33)(H,34,35);;/q;+1;-1/b6-3-;;. The van der Waals surface area contributed by atoms with E-state index in [2.05, 4.69) is 29.1 Å². The van der Waals surface area contributed by atoms with Gasteiger partial charge in [0.2, 0.25) is 5.95 Å². The number of hydrogen-bond acceptors (Lipinski definition) is 5. The number of carbonyl (C=O) groups excluding carboxylic acids is 1. The maximum absolute atomic E-state index is 12.5. The fraction of sp³-hybridized carbons (Fsp3) is 0.231. The Kier molecular flexibility index (Phi) is 11.9. The van der Waals surface area contributed by atoms with Crippen molar-refractivity contribution in [1.82, 2.24) is 15.3 Å². The summed E-state index contributed by atoms with van der Waals surface area (Å²) in [6, 6.07) is 13.1. The van der Waals surface area contributed by atoms with E-state index >= 15 is 0 Å². The molecule has 0 saturated heterocycles. The molecule has 2 N–H and O–H groups in total. The predicted molar refractivity (Wildman–Crippen MR) is 140 cm³/mol. The second-order valence-electron chi connectivity index (χ2n) is 8.24. The molecule has 1 atom stereocenters. The first kappa shape index (κ1) is 29.8. The van der Waals surface area contributed by atoms with E-state index in [1.165, 1.54) is 12.1 Å². The Bertz CT molecular complexity index is 1180. The third kappa shape index (κ3) is 8.32. The number of carboxylic acids is 1. The number of aliphatic carboxylic acids is 1. The zero-order valence-corrected chi connectivity index (χ0v) is 23.9. The molecule has 0 radical (unpaired) electrons. The molecule has 1 heterocycles. The van der Waals surface area contributed by atoms with Gasteiger partial charge in [0.15, 0.2) is 0 Å². The van der Waals surface area contributed by atoms with E-state index in [9.17, 15) is 14.7 Å². The van der Waals surface area contributed by atoms with Gasteiger partial charge in [-0.25, -0.2) is 14.8 Å². The van der Waals surface area contributed by atoms with Gasteiger partial charge in [0.25, 0.3) is 5.91 Å². The van der Waals surface area contributed by atoms with Gasteiger partial charge in [0.1, 0.15) is 6.04 Å². The number of nitrogens with zero attached hydrogens (tertiary/aromatic N) is 3. The Morgan fingerprint density at radius 1 is 1.06 bits per heavy atom. The van der Waals surface area contributed by atoms with E-state index < -0.39 is 17.9 Å². The summed E-state index contributed by atoms with van der Waals surface area (Å²) in [5.41, 5.74) is 1.89. The van der Waals surface area contributed by atoms with Crippen molar-refractivity contribution in [2.24, 2.45) is 5.92 Å². The van der Waals surface area contributed by atoms with Gasteiger partial charge in [-0.15, -0.1) is 0 Å². The summed E-state index contributed by atoms with van der Waals surface area (Å²) in [6.45, 7) is 5.02. The van der Waals surface area contributed by atoms with Gasteiger partial charge in [-0.3, -0.25) is 4.79 Å². The van der Waals surface area contributed by atoms with Crippen molar-refractivity contribution in [3.05, 3.63) is 88.2 Å². The van der Waals surface area contributed by atoms with Crippen LogP contribution in [0.3, 0.4) is 0 Å². The Morgan fingerprint density at radius 3 is 2.22 bits per heavy atom. The van der Waals surface area contributed by atoms with E-state index in [0.717, 1.165) is 17.8 Å². The average Bonchev–Trinajstić information content (AvgIpc) is 2.82. The minimum absolute atomic E-state index is 0. The molecule has 0 fully saturated rings. The molecule has 36 heavy (non-hydrogen) atoms. The van der Waals surface area contributed by atoms with E-state index in [1.807, 2.05) is 29.2 Å². The van der Waals surface area contributed by atoms with Crippen molar-refractivity contribution in [3.8, 4) is 0 Å². The molecule has 1 amide bonds. The number of aromatic nitrogens is 2. The summed E-state index contributed by atoms with van der Waals surface area (Å²) in [5.74, 6) is -0.766. The maximum Gasteiger partial charge on any atom is 1.00 e. The summed E-state index contributed by atoms with van der Waals surface area (Å²) in [6.07, 6.45) is 7.02. The van der Waals surface area contributed by atoms with E-state index in [1.54, 1.807) is 36.7 Å². The molecule has 184 valence electrons. The summed E-state index contributed by atoms with van der Waals surface area (Å²) in [5, 5.41) is 12.3. The number of hydrogen-bond donors (Lipinski definition) is 2. The van der Waals surface area contributed by atoms with Crippen LogP contribution in [0.4, 0.5) is 11.6 Å². The molecule has 3 rings (SSSR count). The molecule has 7 nitrogen and oxygen atoms in total. The van der Waals surface area contributed by atoms with Crippen LogP contribution in [0.1, 0.15) is 37.6 Å². The van der Waals surface area contributed by atoms with Gasteiger partial charge in [-0.05, 0) is 48.2 Å². The molecule has 2 aromatic carbocycles. The largest absolute Gasteiger partial charge is 1.00 e. The van der Waals surface area contributed by atoms with Crippen LogP contribution < -0.4 is 39.8 Å². The van der Waals surface area contributed by atoms with Gasteiger partial charge < -0.3 is 16.7 Å². The van der Waals surface area contributed by atoms with Crippen LogP contribution in [-0.4, -0.2) is 39.5 Å². The normalized spacial score (nSPS) is 11.7. The predicted octanol–water partition coefficient (Wildman–Crippen LogP) is 2.98. The number of nitrogens with one attached hydrogen (secondary N) is 1. The smallest absolute Gasteiger partial charge is 1.00 e. The summed E-state index contributed by atoms with van der Waals surface area (Å²) < 4.78 is 0. The molecule has 0 aliphatic rings. The second-order valence-corrected chi connectivity index (χ2v) is 9.06. The number of carbonyl (C=O) groups is 2. The van der Waals surface area contributed by atoms with Crippen LogP contribution in [0.2, 0.25) is 10.0 Å². The van der Waals surface area contributed by atoms with Crippen LogP contribution in [0, 0.1) is 5.92 Å². The van der Waals surface area contributed by atoms with Gasteiger partial charge in [-0.1, -0.05) is 67.4 Å². The molecule has 0 aliphatic heterocycles. The molecular weight excluding hydrogens is 510 g/mol. The van der Waals surface area contributed by atoms with Crippen LogP contribution in [-0.2, 0) is 4.79 Å². The summed E-state index contributed by atoms with van der Waals surface area (Å²) in [4.78, 5) is 35.0. The molecule has 10 heteroatoms. The molecule has 0 saturated carbocycles. The molecule has 3 aromatic rings. The topological polar surface area (TPSA) is 95.4 Å². The van der Waals surface area contributed by atoms with E-state index in [0.29, 0.717) is 11.9 Å². The molecule has 0 aliphatic carbocycles. The third-order valence-corrected chi connectivity index (χ3v) is 5.65. The van der Waals surface area contributed by atoms with Crippen molar-refractivity contribution in [2.75, 3.05) is 11.4 Å². The Balaban J connectivity index is 0.00000342. The van der Waals surface area contributed by atoms with Crippen molar-refractivity contribution >= 4 is 52.8 Å². The average molecular weight is 537 g/mol. The van der Waals surface area contributed by atoms with Crippen LogP contribution in [0.25, 0.3) is 6.08 Å². The third-order valence-electron chi connectivity index (χ3n) is 5.02. The van der Waals surface area contributed by atoms with Crippen molar-refractivity contribution in [2.45, 2.75) is 26.3 Å².